The van der Waals surface area contributed by atoms with E-state index in [1.54, 1.807) is 0 Å². The molecule has 3 heteroatoms. The Balaban J connectivity index is 2.51. The van der Waals surface area contributed by atoms with Crippen molar-refractivity contribution in [1.29, 1.82) is 0 Å². The van der Waals surface area contributed by atoms with Crippen LogP contribution in [0, 0.1) is 0 Å². The highest BCUT2D eigenvalue weighted by molar-refractivity contribution is 5.12. The van der Waals surface area contributed by atoms with Crippen LogP contribution in [0.25, 0.3) is 0 Å². The minimum atomic E-state index is 0.567. The van der Waals surface area contributed by atoms with Crippen LogP contribution in [0.3, 0.4) is 0 Å². The van der Waals surface area contributed by atoms with Gasteiger partial charge in [-0.2, -0.15) is 0 Å². The largest absolute Gasteiger partial charge is 0.468 e. The van der Waals surface area contributed by atoms with Crippen molar-refractivity contribution >= 4 is 0 Å². The zero-order chi connectivity index (χ0) is 12.7. The standard InChI is InChI=1S/C14H26N2O/c1-5-7-16(12(3)4)10-14-8-13(11-17-14)9-15-6-2/h8,11-12,15H,5-7,9-10H2,1-4H3. The van der Waals surface area contributed by atoms with Gasteiger partial charge in [-0.25, -0.2) is 0 Å². The molecule has 17 heavy (non-hydrogen) atoms. The molecule has 0 aromatic carbocycles. The number of rotatable bonds is 8. The minimum Gasteiger partial charge on any atom is -0.468 e. The Kier molecular flexibility index (Phi) is 6.30. The lowest BCUT2D eigenvalue weighted by Gasteiger charge is -2.24. The van der Waals surface area contributed by atoms with E-state index in [-0.39, 0.29) is 0 Å². The Bertz CT molecular complexity index is 307. The molecule has 0 amide bonds. The molecule has 1 N–H and O–H groups in total. The molecule has 0 radical (unpaired) electrons. The molecule has 1 aromatic rings. The highest BCUT2D eigenvalue weighted by Gasteiger charge is 2.11. The summed E-state index contributed by atoms with van der Waals surface area (Å²) in [6.07, 6.45) is 3.05. The van der Waals surface area contributed by atoms with Crippen LogP contribution in [0.15, 0.2) is 16.7 Å². The number of hydrogen-bond acceptors (Lipinski definition) is 3. The molecule has 1 heterocycles. The molecule has 0 saturated carbocycles. The second-order valence-corrected chi connectivity index (χ2v) is 4.77. The van der Waals surface area contributed by atoms with Gasteiger partial charge in [-0.15, -0.1) is 0 Å². The van der Waals surface area contributed by atoms with Crippen molar-refractivity contribution in [2.24, 2.45) is 0 Å². The van der Waals surface area contributed by atoms with Gasteiger partial charge in [0.15, 0.2) is 0 Å². The molecule has 1 rings (SSSR count). The molecule has 1 aromatic heterocycles. The van der Waals surface area contributed by atoms with Crippen LogP contribution in [-0.2, 0) is 13.1 Å². The maximum absolute atomic E-state index is 5.61. The minimum absolute atomic E-state index is 0.567. The molecule has 0 aliphatic rings. The van der Waals surface area contributed by atoms with Crippen molar-refractivity contribution in [3.63, 3.8) is 0 Å². The molecule has 0 aliphatic carbocycles. The van der Waals surface area contributed by atoms with Gasteiger partial charge >= 0.3 is 0 Å². The zero-order valence-corrected chi connectivity index (χ0v) is 11.6. The van der Waals surface area contributed by atoms with E-state index in [0.29, 0.717) is 6.04 Å². The van der Waals surface area contributed by atoms with Crippen LogP contribution in [0.4, 0.5) is 0 Å². The second-order valence-electron chi connectivity index (χ2n) is 4.77. The summed E-state index contributed by atoms with van der Waals surface area (Å²) in [5.41, 5.74) is 1.24. The van der Waals surface area contributed by atoms with Gasteiger partial charge in [-0.1, -0.05) is 13.8 Å². The van der Waals surface area contributed by atoms with E-state index in [1.165, 1.54) is 12.0 Å². The monoisotopic (exact) mass is 238 g/mol. The van der Waals surface area contributed by atoms with Crippen LogP contribution < -0.4 is 5.32 Å². The first kappa shape index (κ1) is 14.3. The summed E-state index contributed by atoms with van der Waals surface area (Å²) >= 11 is 0. The third-order valence-corrected chi connectivity index (χ3v) is 2.89. The fourth-order valence-corrected chi connectivity index (χ4v) is 1.88. The molecule has 0 fully saturated rings. The molecule has 0 bridgehead atoms. The van der Waals surface area contributed by atoms with Crippen LogP contribution in [0.1, 0.15) is 45.4 Å². The van der Waals surface area contributed by atoms with Gasteiger partial charge in [0, 0.05) is 18.2 Å². The van der Waals surface area contributed by atoms with E-state index in [2.05, 4.69) is 44.0 Å². The Morgan fingerprint density at radius 1 is 1.35 bits per heavy atom. The average Bonchev–Trinajstić information content (AvgIpc) is 2.73. The molecule has 0 aliphatic heterocycles. The van der Waals surface area contributed by atoms with E-state index in [0.717, 1.165) is 31.9 Å². The van der Waals surface area contributed by atoms with Gasteiger partial charge in [0.2, 0.25) is 0 Å². The fourth-order valence-electron chi connectivity index (χ4n) is 1.88. The lowest BCUT2D eigenvalue weighted by molar-refractivity contribution is 0.197. The van der Waals surface area contributed by atoms with Crippen molar-refractivity contribution in [3.05, 3.63) is 23.7 Å². The molecule has 0 unspecified atom stereocenters. The Morgan fingerprint density at radius 3 is 2.71 bits per heavy atom. The molecular weight excluding hydrogens is 212 g/mol. The SMILES string of the molecule is CCCN(Cc1cc(CNCC)co1)C(C)C. The summed E-state index contributed by atoms with van der Waals surface area (Å²) in [6.45, 7) is 12.7. The summed E-state index contributed by atoms with van der Waals surface area (Å²) in [5, 5.41) is 3.31. The van der Waals surface area contributed by atoms with E-state index in [1.807, 2.05) is 6.26 Å². The zero-order valence-electron chi connectivity index (χ0n) is 11.6. The summed E-state index contributed by atoms with van der Waals surface area (Å²) in [5.74, 6) is 1.07. The van der Waals surface area contributed by atoms with Crippen molar-refractivity contribution in [2.75, 3.05) is 13.1 Å². The number of nitrogens with one attached hydrogen (secondary N) is 1. The summed E-state index contributed by atoms with van der Waals surface area (Å²) in [4.78, 5) is 2.44. The number of nitrogens with zero attached hydrogens (tertiary/aromatic N) is 1. The fraction of sp³-hybridized carbons (Fsp3) is 0.714. The Hall–Kier alpha value is -0.800. The van der Waals surface area contributed by atoms with Gasteiger partial charge in [-0.05, 0) is 39.4 Å². The van der Waals surface area contributed by atoms with E-state index < -0.39 is 0 Å². The number of hydrogen-bond donors (Lipinski definition) is 1. The van der Waals surface area contributed by atoms with Gasteiger partial charge in [-0.3, -0.25) is 4.90 Å². The summed E-state index contributed by atoms with van der Waals surface area (Å²) in [7, 11) is 0. The lowest BCUT2D eigenvalue weighted by atomic mass is 10.2. The quantitative estimate of drug-likeness (QED) is 0.754. The third-order valence-electron chi connectivity index (χ3n) is 2.89. The number of furan rings is 1. The first-order valence-corrected chi connectivity index (χ1v) is 6.68. The molecule has 0 atom stereocenters. The summed E-state index contributed by atoms with van der Waals surface area (Å²) in [6, 6.07) is 2.73. The highest BCUT2D eigenvalue weighted by atomic mass is 16.3. The smallest absolute Gasteiger partial charge is 0.118 e. The van der Waals surface area contributed by atoms with Crippen molar-refractivity contribution in [3.8, 4) is 0 Å². The van der Waals surface area contributed by atoms with Crippen molar-refractivity contribution in [1.82, 2.24) is 10.2 Å². The predicted octanol–water partition coefficient (Wildman–Crippen LogP) is 3.01. The second kappa shape index (κ2) is 7.51. The van der Waals surface area contributed by atoms with Gasteiger partial charge in [0.25, 0.3) is 0 Å². The maximum atomic E-state index is 5.61. The molecule has 0 spiro atoms. The summed E-state index contributed by atoms with van der Waals surface area (Å²) < 4.78 is 5.61. The normalized spacial score (nSPS) is 11.6. The van der Waals surface area contributed by atoms with Crippen molar-refractivity contribution < 1.29 is 4.42 Å². The van der Waals surface area contributed by atoms with Crippen LogP contribution in [0.2, 0.25) is 0 Å². The Labute approximate surface area is 105 Å². The highest BCUT2D eigenvalue weighted by Crippen LogP contribution is 2.12. The lowest BCUT2D eigenvalue weighted by Crippen LogP contribution is -2.30. The maximum Gasteiger partial charge on any atom is 0.118 e. The molecule has 3 nitrogen and oxygen atoms in total. The van der Waals surface area contributed by atoms with Gasteiger partial charge in [0.1, 0.15) is 5.76 Å². The van der Waals surface area contributed by atoms with Crippen LogP contribution in [-0.4, -0.2) is 24.0 Å². The van der Waals surface area contributed by atoms with Gasteiger partial charge in [0.05, 0.1) is 12.8 Å². The van der Waals surface area contributed by atoms with E-state index >= 15 is 0 Å². The van der Waals surface area contributed by atoms with E-state index in [4.69, 9.17) is 4.42 Å². The first-order valence-electron chi connectivity index (χ1n) is 6.68. The molecule has 0 saturated heterocycles. The third kappa shape index (κ3) is 4.92. The van der Waals surface area contributed by atoms with E-state index in [9.17, 15) is 0 Å². The van der Waals surface area contributed by atoms with Crippen LogP contribution in [0.5, 0.6) is 0 Å². The first-order chi connectivity index (χ1) is 8.17. The Morgan fingerprint density at radius 2 is 2.12 bits per heavy atom. The molecule has 98 valence electrons. The average molecular weight is 238 g/mol. The molecular formula is C14H26N2O. The van der Waals surface area contributed by atoms with Crippen LogP contribution >= 0.6 is 0 Å². The predicted molar refractivity (Wildman–Crippen MR) is 71.9 cm³/mol. The van der Waals surface area contributed by atoms with Gasteiger partial charge < -0.3 is 9.73 Å². The van der Waals surface area contributed by atoms with Crippen molar-refractivity contribution in [2.45, 2.75) is 53.2 Å². The topological polar surface area (TPSA) is 28.4 Å².